The summed E-state index contributed by atoms with van der Waals surface area (Å²) in [6.07, 6.45) is -1.49. The van der Waals surface area contributed by atoms with Crippen LogP contribution in [0.1, 0.15) is 17.7 Å². The van der Waals surface area contributed by atoms with E-state index in [1.807, 2.05) is 4.90 Å². The second kappa shape index (κ2) is 5.44. The molecule has 102 valence electrons. The molecular formula is C11H15F3N2OS. The maximum absolute atomic E-state index is 12.5. The van der Waals surface area contributed by atoms with Gasteiger partial charge in [0, 0.05) is 26.8 Å². The number of methoxy groups -OCH3 is 1. The van der Waals surface area contributed by atoms with E-state index in [1.54, 1.807) is 7.11 Å². The van der Waals surface area contributed by atoms with Gasteiger partial charge in [-0.2, -0.15) is 13.2 Å². The third kappa shape index (κ3) is 3.14. The van der Waals surface area contributed by atoms with Crippen LogP contribution in [0.15, 0.2) is 6.20 Å². The van der Waals surface area contributed by atoms with E-state index in [9.17, 15) is 13.2 Å². The highest BCUT2D eigenvalue weighted by Gasteiger charge is 2.34. The van der Waals surface area contributed by atoms with Gasteiger partial charge >= 0.3 is 6.18 Å². The molecule has 0 amide bonds. The Bertz CT molecular complexity index is 386. The lowest BCUT2D eigenvalue weighted by Gasteiger charge is -2.31. The van der Waals surface area contributed by atoms with Crippen LogP contribution in [0.2, 0.25) is 0 Å². The minimum atomic E-state index is -4.29. The summed E-state index contributed by atoms with van der Waals surface area (Å²) < 4.78 is 42.5. The zero-order valence-corrected chi connectivity index (χ0v) is 10.9. The van der Waals surface area contributed by atoms with Gasteiger partial charge in [0.1, 0.15) is 4.88 Å². The molecule has 1 aromatic rings. The number of anilines is 1. The zero-order chi connectivity index (χ0) is 13.2. The topological polar surface area (TPSA) is 25.4 Å². The highest BCUT2D eigenvalue weighted by Crippen LogP contribution is 2.37. The van der Waals surface area contributed by atoms with E-state index < -0.39 is 11.1 Å². The summed E-state index contributed by atoms with van der Waals surface area (Å²) in [6, 6.07) is 0. The number of alkyl halides is 3. The summed E-state index contributed by atoms with van der Waals surface area (Å²) in [7, 11) is 1.67. The second-order valence-electron chi connectivity index (χ2n) is 4.39. The Morgan fingerprint density at radius 1 is 1.44 bits per heavy atom. The molecule has 7 heteroatoms. The second-order valence-corrected chi connectivity index (χ2v) is 5.40. The van der Waals surface area contributed by atoms with Crippen LogP contribution < -0.4 is 4.90 Å². The van der Waals surface area contributed by atoms with Gasteiger partial charge in [-0.3, -0.25) is 0 Å². The van der Waals surface area contributed by atoms with Crippen molar-refractivity contribution in [1.82, 2.24) is 4.98 Å². The number of aromatic nitrogens is 1. The first-order valence-electron chi connectivity index (χ1n) is 5.77. The summed E-state index contributed by atoms with van der Waals surface area (Å²) in [6.45, 7) is 2.22. The normalized spacial score (nSPS) is 18.3. The zero-order valence-electron chi connectivity index (χ0n) is 10.0. The number of halogens is 3. The molecule has 3 nitrogen and oxygen atoms in total. The third-order valence-electron chi connectivity index (χ3n) is 3.06. The van der Waals surface area contributed by atoms with Gasteiger partial charge < -0.3 is 9.64 Å². The van der Waals surface area contributed by atoms with Crippen LogP contribution in [0.4, 0.5) is 18.3 Å². The lowest BCUT2D eigenvalue weighted by Crippen LogP contribution is -2.34. The molecule has 0 radical (unpaired) electrons. The number of rotatable bonds is 3. The van der Waals surface area contributed by atoms with E-state index in [-0.39, 0.29) is 0 Å². The monoisotopic (exact) mass is 280 g/mol. The van der Waals surface area contributed by atoms with E-state index in [0.717, 1.165) is 50.1 Å². The summed E-state index contributed by atoms with van der Waals surface area (Å²) in [4.78, 5) is 5.16. The first kappa shape index (κ1) is 13.6. The number of piperidine rings is 1. The number of hydrogen-bond donors (Lipinski definition) is 0. The van der Waals surface area contributed by atoms with Crippen LogP contribution in [0.5, 0.6) is 0 Å². The molecule has 0 spiro atoms. The maximum Gasteiger partial charge on any atom is 0.427 e. The lowest BCUT2D eigenvalue weighted by molar-refractivity contribution is -0.134. The van der Waals surface area contributed by atoms with Crippen molar-refractivity contribution in [2.24, 2.45) is 5.92 Å². The van der Waals surface area contributed by atoms with Gasteiger partial charge in [0.05, 0.1) is 6.20 Å². The summed E-state index contributed by atoms with van der Waals surface area (Å²) in [5.74, 6) is 0.508. The Kier molecular flexibility index (Phi) is 4.11. The predicted octanol–water partition coefficient (Wildman–Crippen LogP) is 3.02. The molecule has 18 heavy (non-hydrogen) atoms. The molecule has 0 bridgehead atoms. The van der Waals surface area contributed by atoms with Gasteiger partial charge in [-0.25, -0.2) is 4.98 Å². The lowest BCUT2D eigenvalue weighted by atomic mass is 9.98. The fourth-order valence-electron chi connectivity index (χ4n) is 2.07. The molecule has 0 saturated carbocycles. The largest absolute Gasteiger partial charge is 0.427 e. The van der Waals surface area contributed by atoms with E-state index >= 15 is 0 Å². The molecule has 0 unspecified atom stereocenters. The Balaban J connectivity index is 1.95. The smallest absolute Gasteiger partial charge is 0.384 e. The first-order chi connectivity index (χ1) is 8.50. The van der Waals surface area contributed by atoms with Crippen LogP contribution in [0.3, 0.4) is 0 Å². The standard InChI is InChI=1S/C11H15F3N2OS/c1-17-7-8-2-4-16(5-3-8)10-15-6-9(18-10)11(12,13)14/h6,8H,2-5,7H2,1H3. The summed E-state index contributed by atoms with van der Waals surface area (Å²) >= 11 is 0.719. The number of hydrogen-bond acceptors (Lipinski definition) is 4. The van der Waals surface area contributed by atoms with E-state index in [1.165, 1.54) is 0 Å². The third-order valence-corrected chi connectivity index (χ3v) is 4.16. The quantitative estimate of drug-likeness (QED) is 0.851. The number of nitrogens with zero attached hydrogens (tertiary/aromatic N) is 2. The fraction of sp³-hybridized carbons (Fsp3) is 0.727. The maximum atomic E-state index is 12.5. The molecule has 2 heterocycles. The highest BCUT2D eigenvalue weighted by atomic mass is 32.1. The van der Waals surface area contributed by atoms with Gasteiger partial charge in [-0.1, -0.05) is 11.3 Å². The van der Waals surface area contributed by atoms with Gasteiger partial charge in [0.25, 0.3) is 0 Å². The van der Waals surface area contributed by atoms with Gasteiger partial charge in [0.2, 0.25) is 0 Å². The first-order valence-corrected chi connectivity index (χ1v) is 6.59. The van der Waals surface area contributed by atoms with Crippen LogP contribution >= 0.6 is 11.3 Å². The van der Waals surface area contributed by atoms with Gasteiger partial charge in [-0.15, -0.1) is 0 Å². The van der Waals surface area contributed by atoms with Crippen molar-refractivity contribution in [3.8, 4) is 0 Å². The van der Waals surface area contributed by atoms with Crippen LogP contribution in [-0.4, -0.2) is 31.8 Å². The Morgan fingerprint density at radius 2 is 2.11 bits per heavy atom. The average Bonchev–Trinajstić information content (AvgIpc) is 2.79. The van der Waals surface area contributed by atoms with Crippen molar-refractivity contribution in [2.45, 2.75) is 19.0 Å². The molecule has 0 atom stereocenters. The van der Waals surface area contributed by atoms with E-state index in [4.69, 9.17) is 4.74 Å². The Labute approximate surface area is 108 Å². The molecule has 0 aliphatic carbocycles. The molecular weight excluding hydrogens is 265 g/mol. The van der Waals surface area contributed by atoms with Crippen LogP contribution in [-0.2, 0) is 10.9 Å². The molecule has 2 rings (SSSR count). The minimum absolute atomic E-state index is 0.471. The van der Waals surface area contributed by atoms with Crippen molar-refractivity contribution in [3.63, 3.8) is 0 Å². The molecule has 1 aliphatic heterocycles. The molecule has 0 aromatic carbocycles. The fourth-order valence-corrected chi connectivity index (χ4v) is 2.90. The predicted molar refractivity (Wildman–Crippen MR) is 63.9 cm³/mol. The SMILES string of the molecule is COCC1CCN(c2ncc(C(F)(F)F)s2)CC1. The average molecular weight is 280 g/mol. The van der Waals surface area contributed by atoms with E-state index in [2.05, 4.69) is 4.98 Å². The highest BCUT2D eigenvalue weighted by molar-refractivity contribution is 7.15. The number of thiazole rings is 1. The van der Waals surface area contributed by atoms with Gasteiger partial charge in [0.15, 0.2) is 5.13 Å². The summed E-state index contributed by atoms with van der Waals surface area (Å²) in [5.41, 5.74) is 0. The van der Waals surface area contributed by atoms with Crippen molar-refractivity contribution >= 4 is 16.5 Å². The van der Waals surface area contributed by atoms with E-state index in [0.29, 0.717) is 11.0 Å². The molecule has 1 aliphatic rings. The van der Waals surface area contributed by atoms with Crippen LogP contribution in [0.25, 0.3) is 0 Å². The minimum Gasteiger partial charge on any atom is -0.384 e. The van der Waals surface area contributed by atoms with Crippen molar-refractivity contribution in [1.29, 1.82) is 0 Å². The molecule has 1 aromatic heterocycles. The van der Waals surface area contributed by atoms with Gasteiger partial charge in [-0.05, 0) is 18.8 Å². The van der Waals surface area contributed by atoms with Crippen molar-refractivity contribution < 1.29 is 17.9 Å². The molecule has 0 N–H and O–H groups in total. The number of ether oxygens (including phenoxy) is 1. The van der Waals surface area contributed by atoms with Crippen molar-refractivity contribution in [2.75, 3.05) is 31.7 Å². The van der Waals surface area contributed by atoms with Crippen molar-refractivity contribution in [3.05, 3.63) is 11.1 Å². The summed E-state index contributed by atoms with van der Waals surface area (Å²) in [5, 5.41) is 0.471. The molecule has 1 fully saturated rings. The Hall–Kier alpha value is -0.820. The Morgan fingerprint density at radius 3 is 2.61 bits per heavy atom. The van der Waals surface area contributed by atoms with Crippen LogP contribution in [0, 0.1) is 5.92 Å². The molecule has 1 saturated heterocycles.